The summed E-state index contributed by atoms with van der Waals surface area (Å²) in [6.45, 7) is 15.6. The number of halogens is 3. The van der Waals surface area contributed by atoms with Crippen molar-refractivity contribution < 1.29 is 58.9 Å². The maximum Gasteiger partial charge on any atom is 4.00 e. The molecule has 200 valence electrons. The van der Waals surface area contributed by atoms with Crippen molar-refractivity contribution in [3.63, 3.8) is 0 Å². The van der Waals surface area contributed by atoms with Crippen molar-refractivity contribution in [1.82, 2.24) is 0 Å². The molecule has 1 aliphatic rings. The molecule has 4 aromatic rings. The van der Waals surface area contributed by atoms with Crippen molar-refractivity contribution in [2.45, 2.75) is 59.8 Å². The van der Waals surface area contributed by atoms with E-state index in [1.54, 1.807) is 0 Å². The normalized spacial score (nSPS) is 13.6. The predicted molar refractivity (Wildman–Crippen MR) is 148 cm³/mol. The molecule has 0 nitrogen and oxygen atoms in total. The minimum Gasteiger partial charge on any atom is -1.00 e. The zero-order chi connectivity index (χ0) is 24.9. The monoisotopic (exact) mass is 608 g/mol. The molecule has 4 heteroatoms. The maximum absolute atomic E-state index is 3.77. The molecule has 0 radical (unpaired) electrons. The minimum absolute atomic E-state index is 0. The van der Waals surface area contributed by atoms with Gasteiger partial charge in [-0.1, -0.05) is 101 Å². The van der Waals surface area contributed by atoms with Gasteiger partial charge in [-0.2, -0.15) is 17.7 Å². The molecule has 5 rings (SSSR count). The van der Waals surface area contributed by atoms with Gasteiger partial charge in [0.05, 0.1) is 0 Å². The molecule has 0 aromatic heterocycles. The summed E-state index contributed by atoms with van der Waals surface area (Å²) in [7, 11) is 0. The second-order valence-electron chi connectivity index (χ2n) is 10.8. The average Bonchev–Trinajstić information content (AvgIpc) is 3.09. The van der Waals surface area contributed by atoms with E-state index in [4.69, 9.17) is 0 Å². The first-order valence-corrected chi connectivity index (χ1v) is 12.6. The van der Waals surface area contributed by atoms with Gasteiger partial charge >= 0.3 is 21.7 Å². The zero-order valence-corrected chi connectivity index (χ0v) is 27.5. The van der Waals surface area contributed by atoms with Crippen LogP contribution in [0.25, 0.3) is 0 Å². The Morgan fingerprint density at radius 3 is 1.21 bits per heavy atom. The van der Waals surface area contributed by atoms with Gasteiger partial charge in [0, 0.05) is 5.41 Å². The quantitative estimate of drug-likeness (QED) is 0.171. The first-order chi connectivity index (χ1) is 16.7. The van der Waals surface area contributed by atoms with Crippen LogP contribution in [0.1, 0.15) is 74.0 Å². The van der Waals surface area contributed by atoms with Crippen LogP contribution in [0, 0.1) is 47.6 Å². The summed E-state index contributed by atoms with van der Waals surface area (Å²) in [6.07, 6.45) is 3.77. The fourth-order valence-corrected chi connectivity index (χ4v) is 6.55. The third kappa shape index (κ3) is 6.42. The Balaban J connectivity index is 0.00000190. The molecular formula is C35H35Cl3Ti. The Morgan fingerprint density at radius 2 is 0.846 bits per heavy atom. The van der Waals surface area contributed by atoms with Gasteiger partial charge in [0.15, 0.2) is 0 Å². The van der Waals surface area contributed by atoms with Gasteiger partial charge in [-0.3, -0.25) is 0 Å². The van der Waals surface area contributed by atoms with Crippen LogP contribution in [0.15, 0.2) is 84.4 Å². The number of fused-ring (bicyclic) bond motifs is 1. The molecular weight excluding hydrogens is 575 g/mol. The second-order valence-corrected chi connectivity index (χ2v) is 10.8. The number of allylic oxidation sites excluding steroid dienone is 1. The molecule has 0 aliphatic heterocycles. The molecule has 4 aromatic carbocycles. The Hall–Kier alpha value is -1.80. The van der Waals surface area contributed by atoms with E-state index in [1.807, 2.05) is 0 Å². The third-order valence-electron chi connectivity index (χ3n) is 7.50. The maximum atomic E-state index is 3.77. The smallest absolute Gasteiger partial charge is 1.00 e. The summed E-state index contributed by atoms with van der Waals surface area (Å²) in [4.78, 5) is 0. The molecule has 1 unspecified atom stereocenters. The number of rotatable bonds is 4. The second kappa shape index (κ2) is 13.7. The van der Waals surface area contributed by atoms with Crippen molar-refractivity contribution in [2.75, 3.05) is 0 Å². The van der Waals surface area contributed by atoms with Gasteiger partial charge in [0.25, 0.3) is 0 Å². The number of benzene rings is 4. The van der Waals surface area contributed by atoms with Crippen LogP contribution in [0.4, 0.5) is 0 Å². The van der Waals surface area contributed by atoms with Gasteiger partial charge in [0.1, 0.15) is 0 Å². The Labute approximate surface area is 268 Å². The van der Waals surface area contributed by atoms with Crippen molar-refractivity contribution in [1.29, 1.82) is 0 Å². The van der Waals surface area contributed by atoms with Gasteiger partial charge in [-0.15, -0.1) is 23.3 Å². The standard InChI is InChI=1S/C35H35.3ClH.Ti/c1-22-12-23(2)16-30(15-22)35(31-17-24(3)13-25(4)18-31,32-19-26(5)14-27(6)20-32)34-28(7)21-29-10-8-9-11-33(29)34;;;;/h8-20,34H,1-7H3;3*1H;/q-1;;;;+4/p-3. The van der Waals surface area contributed by atoms with Gasteiger partial charge in [-0.05, 0) is 64.2 Å². The van der Waals surface area contributed by atoms with E-state index in [2.05, 4.69) is 133 Å². The van der Waals surface area contributed by atoms with Gasteiger partial charge in [-0.25, -0.2) is 0 Å². The number of hydrogen-bond donors (Lipinski definition) is 0. The van der Waals surface area contributed by atoms with Crippen LogP contribution in [0.5, 0.6) is 0 Å². The van der Waals surface area contributed by atoms with Crippen LogP contribution >= 0.6 is 0 Å². The van der Waals surface area contributed by atoms with E-state index in [-0.39, 0.29) is 70.3 Å². The molecule has 0 saturated heterocycles. The average molecular weight is 610 g/mol. The molecule has 0 spiro atoms. The largest absolute Gasteiger partial charge is 4.00 e. The van der Waals surface area contributed by atoms with E-state index in [9.17, 15) is 0 Å². The molecule has 0 amide bonds. The first-order valence-electron chi connectivity index (χ1n) is 12.6. The van der Waals surface area contributed by atoms with Gasteiger partial charge < -0.3 is 37.2 Å². The van der Waals surface area contributed by atoms with Crippen LogP contribution in [-0.2, 0) is 27.1 Å². The first kappa shape index (κ1) is 35.2. The van der Waals surface area contributed by atoms with E-state index < -0.39 is 0 Å². The van der Waals surface area contributed by atoms with E-state index in [0.717, 1.165) is 0 Å². The summed E-state index contributed by atoms with van der Waals surface area (Å²) in [5, 5.41) is 0. The van der Waals surface area contributed by atoms with Crippen molar-refractivity contribution in [3.8, 4) is 0 Å². The zero-order valence-electron chi connectivity index (χ0n) is 23.7. The summed E-state index contributed by atoms with van der Waals surface area (Å²) < 4.78 is 0. The predicted octanol–water partition coefficient (Wildman–Crippen LogP) is -0.224. The molecule has 1 atom stereocenters. The minimum atomic E-state index is -0.381. The van der Waals surface area contributed by atoms with Crippen LogP contribution in [0.3, 0.4) is 0 Å². The summed E-state index contributed by atoms with van der Waals surface area (Å²) in [5.41, 5.74) is 15.4. The van der Waals surface area contributed by atoms with E-state index in [0.29, 0.717) is 0 Å². The number of aryl methyl sites for hydroxylation is 6. The SMILES string of the molecule is CC1=[C-]c2ccccc2C1C(c1cc(C)cc(C)c1)(c1cc(C)cc(C)c1)c1cc(C)cc(C)c1.[Cl-].[Cl-].[Cl-].[Ti+4]. The van der Waals surface area contributed by atoms with Crippen molar-refractivity contribution in [2.24, 2.45) is 0 Å². The van der Waals surface area contributed by atoms with Crippen molar-refractivity contribution in [3.05, 3.63) is 152 Å². The fraction of sp³-hybridized carbons (Fsp3) is 0.257. The molecule has 39 heavy (non-hydrogen) atoms. The Kier molecular flexibility index (Phi) is 12.4. The summed E-state index contributed by atoms with van der Waals surface area (Å²) in [6, 6.07) is 30.2. The van der Waals surface area contributed by atoms with Crippen LogP contribution < -0.4 is 37.2 Å². The summed E-state index contributed by atoms with van der Waals surface area (Å²) >= 11 is 0. The van der Waals surface area contributed by atoms with Gasteiger partial charge in [0.2, 0.25) is 0 Å². The molecule has 0 saturated carbocycles. The fourth-order valence-electron chi connectivity index (χ4n) is 6.55. The van der Waals surface area contributed by atoms with E-state index in [1.165, 1.54) is 66.8 Å². The topological polar surface area (TPSA) is 0 Å². The van der Waals surface area contributed by atoms with Crippen LogP contribution in [-0.4, -0.2) is 0 Å². The molecule has 0 bridgehead atoms. The Morgan fingerprint density at radius 1 is 0.513 bits per heavy atom. The van der Waals surface area contributed by atoms with Crippen LogP contribution in [0.2, 0.25) is 0 Å². The Bertz CT molecular complexity index is 1300. The van der Waals surface area contributed by atoms with E-state index >= 15 is 0 Å². The third-order valence-corrected chi connectivity index (χ3v) is 7.50. The van der Waals surface area contributed by atoms with Crippen molar-refractivity contribution >= 4 is 0 Å². The molecule has 0 N–H and O–H groups in total. The molecule has 0 heterocycles. The summed E-state index contributed by atoms with van der Waals surface area (Å²) in [5.74, 6) is 0.155. The number of hydrogen-bond acceptors (Lipinski definition) is 0. The molecule has 0 fully saturated rings. The molecule has 1 aliphatic carbocycles.